The van der Waals surface area contributed by atoms with E-state index in [1.165, 1.54) is 0 Å². The van der Waals surface area contributed by atoms with Crippen molar-refractivity contribution in [2.45, 2.75) is 13.5 Å². The lowest BCUT2D eigenvalue weighted by molar-refractivity contribution is 0.100. The Hall–Kier alpha value is -2.56. The van der Waals surface area contributed by atoms with Crippen molar-refractivity contribution in [1.29, 1.82) is 0 Å². The number of carbonyl (C=O) groups is 1. The van der Waals surface area contributed by atoms with Gasteiger partial charge in [0.05, 0.1) is 29.2 Å². The Morgan fingerprint density at radius 2 is 2.05 bits per heavy atom. The van der Waals surface area contributed by atoms with Crippen molar-refractivity contribution >= 4 is 17.3 Å². The number of anilines is 2. The normalized spacial score (nSPS) is 10.2. The van der Waals surface area contributed by atoms with Crippen molar-refractivity contribution in [3.63, 3.8) is 0 Å². The van der Waals surface area contributed by atoms with E-state index in [0.29, 0.717) is 17.8 Å². The smallest absolute Gasteiger partial charge is 0.250 e. The number of nitrogens with two attached hydrogens (primary N) is 2. The van der Waals surface area contributed by atoms with Gasteiger partial charge in [0.15, 0.2) is 0 Å². The van der Waals surface area contributed by atoms with E-state index in [0.717, 1.165) is 17.9 Å². The summed E-state index contributed by atoms with van der Waals surface area (Å²) in [6.07, 6.45) is 1.76. The first-order valence-corrected chi connectivity index (χ1v) is 6.46. The number of primary amides is 1. The van der Waals surface area contributed by atoms with Gasteiger partial charge in [-0.25, -0.2) is 0 Å². The van der Waals surface area contributed by atoms with Gasteiger partial charge in [-0.05, 0) is 31.2 Å². The second-order valence-corrected chi connectivity index (χ2v) is 4.44. The molecule has 2 rings (SSSR count). The first kappa shape index (κ1) is 13.9. The lowest BCUT2D eigenvalue weighted by Crippen LogP contribution is -2.25. The van der Waals surface area contributed by atoms with E-state index in [1.807, 2.05) is 31.2 Å². The molecule has 1 aromatic carbocycles. The van der Waals surface area contributed by atoms with Crippen LogP contribution in [0.5, 0.6) is 0 Å². The van der Waals surface area contributed by atoms with Crippen molar-refractivity contribution in [3.8, 4) is 0 Å². The Morgan fingerprint density at radius 3 is 2.65 bits per heavy atom. The Bertz CT molecular complexity index is 598. The van der Waals surface area contributed by atoms with Crippen molar-refractivity contribution in [2.75, 3.05) is 17.2 Å². The molecule has 0 spiro atoms. The first-order chi connectivity index (χ1) is 9.63. The molecule has 0 aliphatic heterocycles. The Balaban J connectivity index is 2.33. The molecule has 0 saturated heterocycles. The lowest BCUT2D eigenvalue weighted by Gasteiger charge is -2.25. The molecule has 20 heavy (non-hydrogen) atoms. The molecular weight excluding hydrogens is 252 g/mol. The highest BCUT2D eigenvalue weighted by atomic mass is 16.1. The van der Waals surface area contributed by atoms with Gasteiger partial charge in [0.2, 0.25) is 0 Å². The fourth-order valence-corrected chi connectivity index (χ4v) is 2.10. The number of hydrogen-bond donors (Lipinski definition) is 2. The van der Waals surface area contributed by atoms with Crippen LogP contribution in [0.15, 0.2) is 42.6 Å². The molecule has 5 heteroatoms. The van der Waals surface area contributed by atoms with E-state index in [4.69, 9.17) is 11.5 Å². The number of aromatic nitrogens is 1. The van der Waals surface area contributed by atoms with Crippen LogP contribution in [0, 0.1) is 0 Å². The van der Waals surface area contributed by atoms with Gasteiger partial charge >= 0.3 is 0 Å². The number of nitrogen functional groups attached to an aromatic ring is 1. The van der Waals surface area contributed by atoms with E-state index in [2.05, 4.69) is 9.88 Å². The maximum absolute atomic E-state index is 11.4. The largest absolute Gasteiger partial charge is 0.396 e. The van der Waals surface area contributed by atoms with Crippen LogP contribution in [0.1, 0.15) is 23.0 Å². The quantitative estimate of drug-likeness (QED) is 0.811. The minimum absolute atomic E-state index is 0.349. The van der Waals surface area contributed by atoms with Gasteiger partial charge in [0.1, 0.15) is 0 Å². The highest BCUT2D eigenvalue weighted by Crippen LogP contribution is 2.27. The molecule has 104 valence electrons. The molecule has 1 amide bonds. The average molecular weight is 270 g/mol. The van der Waals surface area contributed by atoms with Crippen LogP contribution in [0.3, 0.4) is 0 Å². The molecule has 0 atom stereocenters. The summed E-state index contributed by atoms with van der Waals surface area (Å²) >= 11 is 0. The highest BCUT2D eigenvalue weighted by molar-refractivity contribution is 6.00. The third-order valence-corrected chi connectivity index (χ3v) is 3.15. The summed E-state index contributed by atoms with van der Waals surface area (Å²) in [6.45, 7) is 3.41. The Morgan fingerprint density at radius 1 is 1.25 bits per heavy atom. The SMILES string of the molecule is CCN(Cc1ccccn1)c1cccc(C(N)=O)c1N. The molecule has 4 N–H and O–H groups in total. The van der Waals surface area contributed by atoms with Crippen LogP contribution in [0.4, 0.5) is 11.4 Å². The van der Waals surface area contributed by atoms with Gasteiger partial charge in [0.25, 0.3) is 5.91 Å². The van der Waals surface area contributed by atoms with Crippen LogP contribution in [0.25, 0.3) is 0 Å². The van der Waals surface area contributed by atoms with Gasteiger partial charge in [-0.2, -0.15) is 0 Å². The molecular formula is C15H18N4O. The molecule has 5 nitrogen and oxygen atoms in total. The number of nitrogens with zero attached hydrogens (tertiary/aromatic N) is 2. The zero-order valence-electron chi connectivity index (χ0n) is 11.4. The molecule has 1 aromatic heterocycles. The number of hydrogen-bond acceptors (Lipinski definition) is 4. The van der Waals surface area contributed by atoms with Crippen molar-refractivity contribution in [2.24, 2.45) is 5.73 Å². The maximum Gasteiger partial charge on any atom is 0.250 e. The summed E-state index contributed by atoms with van der Waals surface area (Å²) in [5.74, 6) is -0.516. The number of benzene rings is 1. The predicted molar refractivity (Wildman–Crippen MR) is 80.3 cm³/mol. The molecule has 0 unspecified atom stereocenters. The number of amides is 1. The van der Waals surface area contributed by atoms with Crippen LogP contribution in [-0.4, -0.2) is 17.4 Å². The molecule has 2 aromatic rings. The number of carbonyl (C=O) groups excluding carboxylic acids is 1. The van der Waals surface area contributed by atoms with Gasteiger partial charge in [-0.1, -0.05) is 12.1 Å². The standard InChI is InChI=1S/C15H18N4O/c1-2-19(10-11-6-3-4-9-18-11)13-8-5-7-12(14(13)16)15(17)20/h3-9H,2,10,16H2,1H3,(H2,17,20). The summed E-state index contributed by atoms with van der Waals surface area (Å²) in [5, 5.41) is 0. The van der Waals surface area contributed by atoms with E-state index in [-0.39, 0.29) is 0 Å². The molecule has 0 bridgehead atoms. The van der Waals surface area contributed by atoms with Crippen molar-refractivity contribution < 1.29 is 4.79 Å². The fraction of sp³-hybridized carbons (Fsp3) is 0.200. The predicted octanol–water partition coefficient (Wildman–Crippen LogP) is 1.79. The fourth-order valence-electron chi connectivity index (χ4n) is 2.10. The van der Waals surface area contributed by atoms with Crippen LogP contribution in [0.2, 0.25) is 0 Å². The molecule has 0 fully saturated rings. The minimum atomic E-state index is -0.516. The summed E-state index contributed by atoms with van der Waals surface area (Å²) < 4.78 is 0. The number of rotatable bonds is 5. The molecule has 0 saturated carbocycles. The van der Waals surface area contributed by atoms with Crippen LogP contribution in [-0.2, 0) is 6.54 Å². The second kappa shape index (κ2) is 6.06. The number of pyridine rings is 1. The zero-order valence-corrected chi connectivity index (χ0v) is 11.4. The van der Waals surface area contributed by atoms with E-state index in [9.17, 15) is 4.79 Å². The monoisotopic (exact) mass is 270 g/mol. The van der Waals surface area contributed by atoms with Crippen molar-refractivity contribution in [1.82, 2.24) is 4.98 Å². The minimum Gasteiger partial charge on any atom is -0.396 e. The number of para-hydroxylation sites is 1. The average Bonchev–Trinajstić information content (AvgIpc) is 2.46. The van der Waals surface area contributed by atoms with Gasteiger partial charge in [-0.3, -0.25) is 9.78 Å². The van der Waals surface area contributed by atoms with Crippen LogP contribution < -0.4 is 16.4 Å². The topological polar surface area (TPSA) is 85.2 Å². The van der Waals surface area contributed by atoms with E-state index in [1.54, 1.807) is 18.3 Å². The van der Waals surface area contributed by atoms with E-state index >= 15 is 0 Å². The maximum atomic E-state index is 11.4. The lowest BCUT2D eigenvalue weighted by atomic mass is 10.1. The molecule has 0 aliphatic rings. The zero-order chi connectivity index (χ0) is 14.5. The highest BCUT2D eigenvalue weighted by Gasteiger charge is 2.14. The Labute approximate surface area is 118 Å². The second-order valence-electron chi connectivity index (χ2n) is 4.44. The van der Waals surface area contributed by atoms with E-state index < -0.39 is 5.91 Å². The molecule has 0 aliphatic carbocycles. The summed E-state index contributed by atoms with van der Waals surface area (Å²) in [4.78, 5) is 17.7. The third kappa shape index (κ3) is 2.88. The van der Waals surface area contributed by atoms with Gasteiger partial charge in [0, 0.05) is 12.7 Å². The summed E-state index contributed by atoms with van der Waals surface area (Å²) in [7, 11) is 0. The van der Waals surface area contributed by atoms with Gasteiger partial charge in [-0.15, -0.1) is 0 Å². The molecule has 0 radical (unpaired) electrons. The van der Waals surface area contributed by atoms with Crippen molar-refractivity contribution in [3.05, 3.63) is 53.9 Å². The van der Waals surface area contributed by atoms with Crippen LogP contribution >= 0.6 is 0 Å². The molecule has 1 heterocycles. The third-order valence-electron chi connectivity index (χ3n) is 3.15. The Kier molecular flexibility index (Phi) is 4.20. The van der Waals surface area contributed by atoms with Gasteiger partial charge < -0.3 is 16.4 Å². The first-order valence-electron chi connectivity index (χ1n) is 6.46. The summed E-state index contributed by atoms with van der Waals surface area (Å²) in [5.41, 5.74) is 13.9. The summed E-state index contributed by atoms with van der Waals surface area (Å²) in [6, 6.07) is 11.1.